The number of alkyl halides is 3. The number of halogens is 3. The number of benzene rings is 1. The van der Waals surface area contributed by atoms with Crippen molar-refractivity contribution in [3.63, 3.8) is 0 Å². The second-order valence-corrected chi connectivity index (χ2v) is 8.28. The smallest absolute Gasteiger partial charge is 0.374 e. The molecule has 0 aliphatic rings. The van der Waals surface area contributed by atoms with E-state index in [1.165, 1.54) is 35.3 Å². The molecule has 0 radical (unpaired) electrons. The van der Waals surface area contributed by atoms with Crippen LogP contribution in [0.3, 0.4) is 0 Å². The van der Waals surface area contributed by atoms with Crippen LogP contribution in [0.15, 0.2) is 48.1 Å². The molecule has 5 nitrogen and oxygen atoms in total. The summed E-state index contributed by atoms with van der Waals surface area (Å²) in [6.45, 7) is 3.88. The van der Waals surface area contributed by atoms with Crippen molar-refractivity contribution in [2.24, 2.45) is 0 Å². The first-order valence-corrected chi connectivity index (χ1v) is 11.2. The predicted octanol–water partition coefficient (Wildman–Crippen LogP) is 6.53. The first-order chi connectivity index (χ1) is 15.2. The van der Waals surface area contributed by atoms with Crippen LogP contribution in [0.25, 0.3) is 11.3 Å². The summed E-state index contributed by atoms with van der Waals surface area (Å²) in [7, 11) is 1.66. The van der Waals surface area contributed by atoms with Gasteiger partial charge in [-0.05, 0) is 36.8 Å². The predicted molar refractivity (Wildman–Crippen MR) is 122 cm³/mol. The maximum atomic E-state index is 13.9. The summed E-state index contributed by atoms with van der Waals surface area (Å²) >= 11 is 1.19. The van der Waals surface area contributed by atoms with Gasteiger partial charge >= 0.3 is 6.18 Å². The highest BCUT2D eigenvalue weighted by atomic mass is 32.1. The number of hydrogen-bond acceptors (Lipinski definition) is 5. The molecule has 0 spiro atoms. The van der Waals surface area contributed by atoms with E-state index in [9.17, 15) is 18.0 Å². The van der Waals surface area contributed by atoms with Crippen LogP contribution in [0.1, 0.15) is 38.7 Å². The number of amides is 1. The number of pyridine rings is 1. The van der Waals surface area contributed by atoms with Gasteiger partial charge in [-0.2, -0.15) is 13.2 Å². The number of unbranched alkanes of at least 4 members (excludes halogenated alkanes) is 2. The molecule has 2 aromatic heterocycles. The van der Waals surface area contributed by atoms with E-state index >= 15 is 0 Å². The Balaban J connectivity index is 1.99. The number of carbonyl (C=O) groups is 1. The van der Waals surface area contributed by atoms with Gasteiger partial charge in [0.15, 0.2) is 5.13 Å². The number of carbonyl (C=O) groups excluding carboxylic acids is 1. The number of thiazole rings is 1. The summed E-state index contributed by atoms with van der Waals surface area (Å²) in [5, 5.41) is 2.05. The highest BCUT2D eigenvalue weighted by molar-refractivity contribution is 7.14. The van der Waals surface area contributed by atoms with Crippen molar-refractivity contribution < 1.29 is 18.0 Å². The standard InChI is InChI=1S/C23H25F3N4OS/c1-4-5-6-12-29(3)21-10-9-18(13-19(21)23(24,25)26)30(16(2)31)22-28-20(15-32-22)17-8-7-11-27-14-17/h7-11,13-15H,4-6,12H2,1-3H3. The van der Waals surface area contributed by atoms with E-state index in [4.69, 9.17) is 0 Å². The van der Waals surface area contributed by atoms with Crippen molar-refractivity contribution in [2.45, 2.75) is 39.3 Å². The summed E-state index contributed by atoms with van der Waals surface area (Å²) in [5.74, 6) is -0.422. The molecule has 0 atom stereocenters. The molecule has 1 amide bonds. The third-order valence-corrected chi connectivity index (χ3v) is 5.83. The molecule has 170 valence electrons. The average molecular weight is 463 g/mol. The van der Waals surface area contributed by atoms with E-state index in [1.807, 2.05) is 13.0 Å². The van der Waals surface area contributed by atoms with Crippen LogP contribution in [0, 0.1) is 0 Å². The van der Waals surface area contributed by atoms with Crippen LogP contribution in [-0.2, 0) is 11.0 Å². The van der Waals surface area contributed by atoms with E-state index in [2.05, 4.69) is 9.97 Å². The Labute approximate surface area is 189 Å². The minimum Gasteiger partial charge on any atom is -0.374 e. The quantitative estimate of drug-likeness (QED) is 0.357. The van der Waals surface area contributed by atoms with Crippen molar-refractivity contribution in [1.82, 2.24) is 9.97 Å². The first kappa shape index (κ1) is 23.7. The normalized spacial score (nSPS) is 11.4. The minimum absolute atomic E-state index is 0.0936. The molecule has 9 heteroatoms. The van der Waals surface area contributed by atoms with Gasteiger partial charge in [-0.3, -0.25) is 14.7 Å². The maximum absolute atomic E-state index is 13.9. The molecule has 0 N–H and O–H groups in total. The van der Waals surface area contributed by atoms with Gasteiger partial charge in [0, 0.05) is 49.5 Å². The fourth-order valence-corrected chi connectivity index (χ4v) is 4.28. The van der Waals surface area contributed by atoms with E-state index in [0.717, 1.165) is 30.9 Å². The summed E-state index contributed by atoms with van der Waals surface area (Å²) in [6, 6.07) is 7.58. The molecule has 0 saturated heterocycles. The number of anilines is 3. The van der Waals surface area contributed by atoms with E-state index in [1.54, 1.807) is 35.8 Å². The molecule has 32 heavy (non-hydrogen) atoms. The Morgan fingerprint density at radius 1 is 1.19 bits per heavy atom. The van der Waals surface area contributed by atoms with Crippen molar-refractivity contribution in [1.29, 1.82) is 0 Å². The molecule has 0 bridgehead atoms. The Hall–Kier alpha value is -2.94. The van der Waals surface area contributed by atoms with Gasteiger partial charge in [-0.25, -0.2) is 4.98 Å². The number of aromatic nitrogens is 2. The van der Waals surface area contributed by atoms with Gasteiger partial charge in [0.25, 0.3) is 0 Å². The Kier molecular flexibility index (Phi) is 7.50. The monoisotopic (exact) mass is 462 g/mol. The molecular formula is C23H25F3N4OS. The number of hydrogen-bond donors (Lipinski definition) is 0. The highest BCUT2D eigenvalue weighted by Crippen LogP contribution is 2.41. The Bertz CT molecular complexity index is 1050. The SMILES string of the molecule is CCCCCN(C)c1ccc(N(C(C)=O)c2nc(-c3cccnc3)cs2)cc1C(F)(F)F. The molecule has 0 fully saturated rings. The number of rotatable bonds is 8. The second-order valence-electron chi connectivity index (χ2n) is 7.44. The Morgan fingerprint density at radius 3 is 2.59 bits per heavy atom. The van der Waals surface area contributed by atoms with Gasteiger partial charge in [0.05, 0.1) is 16.9 Å². The van der Waals surface area contributed by atoms with E-state index < -0.39 is 17.6 Å². The number of nitrogens with zero attached hydrogens (tertiary/aromatic N) is 4. The maximum Gasteiger partial charge on any atom is 0.418 e. The summed E-state index contributed by atoms with van der Waals surface area (Å²) in [5.41, 5.74) is 0.814. The van der Waals surface area contributed by atoms with Crippen molar-refractivity contribution in [3.8, 4) is 11.3 Å². The highest BCUT2D eigenvalue weighted by Gasteiger charge is 2.35. The molecule has 1 aromatic carbocycles. The van der Waals surface area contributed by atoms with Crippen LogP contribution in [0.2, 0.25) is 0 Å². The van der Waals surface area contributed by atoms with E-state index in [-0.39, 0.29) is 11.4 Å². The third kappa shape index (κ3) is 5.45. The lowest BCUT2D eigenvalue weighted by Crippen LogP contribution is -2.25. The molecule has 0 aliphatic heterocycles. The average Bonchev–Trinajstić information content (AvgIpc) is 3.23. The summed E-state index contributed by atoms with van der Waals surface area (Å²) in [6.07, 6.45) is 1.46. The largest absolute Gasteiger partial charge is 0.418 e. The molecule has 3 rings (SSSR count). The molecule has 2 heterocycles. The van der Waals surface area contributed by atoms with Gasteiger partial charge in [0.1, 0.15) is 0 Å². The van der Waals surface area contributed by atoms with Crippen molar-refractivity contribution >= 4 is 33.8 Å². The lowest BCUT2D eigenvalue weighted by Gasteiger charge is -2.26. The second kappa shape index (κ2) is 10.1. The zero-order chi connectivity index (χ0) is 23.3. The van der Waals surface area contributed by atoms with E-state index in [0.29, 0.717) is 17.4 Å². The van der Waals surface area contributed by atoms with Gasteiger partial charge in [-0.1, -0.05) is 19.8 Å². The van der Waals surface area contributed by atoms with Gasteiger partial charge < -0.3 is 4.90 Å². The molecule has 3 aromatic rings. The van der Waals surface area contributed by atoms with Gasteiger partial charge in [0.2, 0.25) is 5.91 Å². The fraction of sp³-hybridized carbons (Fsp3) is 0.348. The molecule has 0 saturated carbocycles. The van der Waals surface area contributed by atoms with Crippen LogP contribution in [0.4, 0.5) is 29.7 Å². The zero-order valence-electron chi connectivity index (χ0n) is 18.2. The van der Waals surface area contributed by atoms with Gasteiger partial charge in [-0.15, -0.1) is 11.3 Å². The third-order valence-electron chi connectivity index (χ3n) is 5.01. The summed E-state index contributed by atoms with van der Waals surface area (Å²) in [4.78, 5) is 23.8. The lowest BCUT2D eigenvalue weighted by molar-refractivity contribution is -0.137. The first-order valence-electron chi connectivity index (χ1n) is 10.3. The Morgan fingerprint density at radius 2 is 1.97 bits per heavy atom. The van der Waals surface area contributed by atoms with Crippen LogP contribution >= 0.6 is 11.3 Å². The topological polar surface area (TPSA) is 49.3 Å². The van der Waals surface area contributed by atoms with Crippen LogP contribution in [-0.4, -0.2) is 29.5 Å². The molecule has 0 unspecified atom stereocenters. The zero-order valence-corrected chi connectivity index (χ0v) is 19.0. The fourth-order valence-electron chi connectivity index (χ4n) is 3.38. The summed E-state index contributed by atoms with van der Waals surface area (Å²) < 4.78 is 41.8. The minimum atomic E-state index is -4.56. The molecular weight excluding hydrogens is 437 g/mol. The van der Waals surface area contributed by atoms with Crippen LogP contribution < -0.4 is 9.80 Å². The van der Waals surface area contributed by atoms with Crippen molar-refractivity contribution in [2.75, 3.05) is 23.4 Å². The van der Waals surface area contributed by atoms with Crippen molar-refractivity contribution in [3.05, 3.63) is 53.7 Å². The lowest BCUT2D eigenvalue weighted by atomic mass is 10.1. The van der Waals surface area contributed by atoms with Crippen LogP contribution in [0.5, 0.6) is 0 Å². The molecule has 0 aliphatic carbocycles.